The van der Waals surface area contributed by atoms with Crippen LogP contribution < -0.4 is 14.2 Å². The fourth-order valence-corrected chi connectivity index (χ4v) is 7.37. The summed E-state index contributed by atoms with van der Waals surface area (Å²) in [6.07, 6.45) is 7.76. The van der Waals surface area contributed by atoms with Crippen LogP contribution >= 0.6 is 0 Å². The Kier molecular flexibility index (Phi) is 6.47. The van der Waals surface area contributed by atoms with Crippen LogP contribution in [-0.2, 0) is 12.1 Å². The maximum Gasteiger partial charge on any atom is 0.282 e. The molecule has 5 aliphatic rings. The minimum atomic E-state index is -1.23. The summed E-state index contributed by atoms with van der Waals surface area (Å²) in [7, 11) is 0. The summed E-state index contributed by atoms with van der Waals surface area (Å²) in [5.74, 6) is 4.01. The predicted molar refractivity (Wildman–Crippen MR) is 143 cm³/mol. The Morgan fingerprint density at radius 1 is 0.923 bits per heavy atom. The quantitative estimate of drug-likeness (QED) is 0.436. The molecule has 206 valence electrons. The van der Waals surface area contributed by atoms with E-state index >= 15 is 0 Å². The van der Waals surface area contributed by atoms with Gasteiger partial charge in [-0.2, -0.15) is 4.98 Å². The number of nitrogens with zero attached hydrogens (tertiary/aromatic N) is 3. The molecule has 1 N–H and O–H groups in total. The summed E-state index contributed by atoms with van der Waals surface area (Å²) in [4.78, 5) is 4.88. The van der Waals surface area contributed by atoms with Crippen LogP contribution in [0.2, 0.25) is 0 Å². The van der Waals surface area contributed by atoms with E-state index in [1.165, 1.54) is 6.42 Å². The highest BCUT2D eigenvalue weighted by Crippen LogP contribution is 2.44. The number of aliphatic hydroxyl groups is 1. The minimum absolute atomic E-state index is 0.0839. The molecule has 2 aromatic carbocycles. The highest BCUT2D eigenvalue weighted by atomic mass is 16.6. The highest BCUT2D eigenvalue weighted by Gasteiger charge is 2.49. The second-order valence-corrected chi connectivity index (χ2v) is 11.9. The molecule has 2 atom stereocenters. The van der Waals surface area contributed by atoms with Gasteiger partial charge in [-0.25, -0.2) is 0 Å². The first kappa shape index (κ1) is 24.9. The molecule has 4 fully saturated rings. The van der Waals surface area contributed by atoms with Gasteiger partial charge in [-0.05, 0) is 36.5 Å². The Hall–Kier alpha value is -3.10. The zero-order valence-corrected chi connectivity index (χ0v) is 22.5. The summed E-state index contributed by atoms with van der Waals surface area (Å²) in [5.41, 5.74) is -0.384. The molecule has 0 unspecified atom stereocenters. The van der Waals surface area contributed by atoms with Gasteiger partial charge in [0, 0.05) is 24.8 Å². The van der Waals surface area contributed by atoms with Crippen molar-refractivity contribution in [2.24, 2.45) is 11.8 Å². The summed E-state index contributed by atoms with van der Waals surface area (Å²) in [6.45, 7) is 4.87. The molecule has 8 nitrogen and oxygen atoms in total. The molecule has 1 aromatic heterocycles. The lowest BCUT2D eigenvalue weighted by Gasteiger charge is -2.51. The lowest BCUT2D eigenvalue weighted by Crippen LogP contribution is -2.64. The number of ether oxygens (including phenoxy) is 3. The van der Waals surface area contributed by atoms with Gasteiger partial charge >= 0.3 is 0 Å². The van der Waals surface area contributed by atoms with Crippen LogP contribution in [0.3, 0.4) is 0 Å². The second kappa shape index (κ2) is 10.1. The highest BCUT2D eigenvalue weighted by molar-refractivity contribution is 5.46. The fraction of sp³-hybridized carbons (Fsp3) is 0.548. The number of hydrogen-bond donors (Lipinski definition) is 1. The van der Waals surface area contributed by atoms with Crippen LogP contribution in [0.15, 0.2) is 53.1 Å². The van der Waals surface area contributed by atoms with Gasteiger partial charge in [0.25, 0.3) is 5.89 Å². The molecule has 2 bridgehead atoms. The SMILES string of the molecule is O[C@](c1ccccc1)(c1noc(C[N+]23CCC(CC2)[C@@H](Oc2ccc4c(c2)OCCO4)C3)n1)C1CCCCC1. The maximum absolute atomic E-state index is 12.2. The zero-order valence-electron chi connectivity index (χ0n) is 22.5. The standard InChI is InChI=1S/C31H38N3O5/c35-31(23-7-3-1-4-8-23,24-9-5-2-6-10-24)30-32-29(39-33-30)21-34-15-13-22(14-16-34)28(20-34)38-25-11-12-26-27(19-25)37-18-17-36-26/h1,3-4,7-8,11-12,19,22,24,28,35H,2,5-6,9-10,13-18,20-21H2/q+1/t22?,28-,31-,34?/m0/s1. The van der Waals surface area contributed by atoms with Crippen molar-refractivity contribution in [3.05, 3.63) is 65.8 Å². The van der Waals surface area contributed by atoms with Crippen molar-refractivity contribution in [1.29, 1.82) is 0 Å². The van der Waals surface area contributed by atoms with E-state index in [1.54, 1.807) is 0 Å². The van der Waals surface area contributed by atoms with Crippen LogP contribution in [-0.4, -0.2) is 58.7 Å². The average Bonchev–Trinajstić information content (AvgIpc) is 3.46. The third kappa shape index (κ3) is 4.67. The van der Waals surface area contributed by atoms with Gasteiger partial charge in [0.05, 0.1) is 13.1 Å². The molecule has 5 heterocycles. The van der Waals surface area contributed by atoms with Crippen LogP contribution in [0.25, 0.3) is 0 Å². The number of benzene rings is 2. The summed E-state index contributed by atoms with van der Waals surface area (Å²) in [6, 6.07) is 15.8. The molecule has 39 heavy (non-hydrogen) atoms. The molecule has 1 saturated carbocycles. The molecular formula is C31H38N3O5+. The Balaban J connectivity index is 1.10. The van der Waals surface area contributed by atoms with Crippen molar-refractivity contribution in [2.45, 2.75) is 63.2 Å². The summed E-state index contributed by atoms with van der Waals surface area (Å²) < 4.78 is 24.7. The van der Waals surface area contributed by atoms with E-state index < -0.39 is 5.60 Å². The molecular weight excluding hydrogens is 494 g/mol. The van der Waals surface area contributed by atoms with Gasteiger partial charge in [-0.3, -0.25) is 0 Å². The van der Waals surface area contributed by atoms with Crippen molar-refractivity contribution in [3.8, 4) is 17.2 Å². The Morgan fingerprint density at radius 3 is 2.49 bits per heavy atom. The molecule has 8 heteroatoms. The Morgan fingerprint density at radius 2 is 1.69 bits per heavy atom. The smallest absolute Gasteiger partial charge is 0.282 e. The van der Waals surface area contributed by atoms with Gasteiger partial charge in [0.2, 0.25) is 5.82 Å². The molecule has 3 aromatic rings. The molecule has 0 spiro atoms. The van der Waals surface area contributed by atoms with Crippen molar-refractivity contribution in [3.63, 3.8) is 0 Å². The van der Waals surface area contributed by atoms with Crippen molar-refractivity contribution in [1.82, 2.24) is 10.1 Å². The van der Waals surface area contributed by atoms with E-state index in [0.717, 1.165) is 85.5 Å². The van der Waals surface area contributed by atoms with E-state index in [4.69, 9.17) is 23.7 Å². The molecule has 0 amide bonds. The number of aromatic nitrogens is 2. The van der Waals surface area contributed by atoms with E-state index in [2.05, 4.69) is 5.16 Å². The topological polar surface area (TPSA) is 86.8 Å². The fourth-order valence-electron chi connectivity index (χ4n) is 7.37. The number of piperidine rings is 3. The maximum atomic E-state index is 12.2. The summed E-state index contributed by atoms with van der Waals surface area (Å²) in [5, 5.41) is 16.6. The van der Waals surface area contributed by atoms with Crippen LogP contribution in [0, 0.1) is 11.8 Å². The summed E-state index contributed by atoms with van der Waals surface area (Å²) >= 11 is 0. The average molecular weight is 533 g/mol. The van der Waals surface area contributed by atoms with E-state index in [0.29, 0.717) is 37.4 Å². The van der Waals surface area contributed by atoms with Gasteiger partial charge in [0.1, 0.15) is 25.5 Å². The monoisotopic (exact) mass is 532 g/mol. The second-order valence-electron chi connectivity index (χ2n) is 11.9. The zero-order chi connectivity index (χ0) is 26.3. The number of quaternary nitrogens is 1. The third-order valence-corrected chi connectivity index (χ3v) is 9.53. The van der Waals surface area contributed by atoms with Crippen LogP contribution in [0.4, 0.5) is 0 Å². The number of hydrogen-bond acceptors (Lipinski definition) is 7. The normalized spacial score (nSPS) is 28.1. The van der Waals surface area contributed by atoms with Gasteiger partial charge in [0.15, 0.2) is 29.7 Å². The first-order valence-corrected chi connectivity index (χ1v) is 14.6. The molecule has 4 aliphatic heterocycles. The van der Waals surface area contributed by atoms with Crippen LogP contribution in [0.1, 0.15) is 62.2 Å². The molecule has 8 rings (SSSR count). The molecule has 1 aliphatic carbocycles. The minimum Gasteiger partial charge on any atom is -0.486 e. The predicted octanol–water partition coefficient (Wildman–Crippen LogP) is 4.85. The first-order valence-electron chi connectivity index (χ1n) is 14.6. The van der Waals surface area contributed by atoms with E-state index in [9.17, 15) is 5.11 Å². The van der Waals surface area contributed by atoms with E-state index in [-0.39, 0.29) is 12.0 Å². The lowest BCUT2D eigenvalue weighted by molar-refractivity contribution is -0.959. The Labute approximate surface area is 229 Å². The van der Waals surface area contributed by atoms with Crippen LogP contribution in [0.5, 0.6) is 17.2 Å². The van der Waals surface area contributed by atoms with Crippen molar-refractivity contribution in [2.75, 3.05) is 32.8 Å². The van der Waals surface area contributed by atoms with E-state index in [1.807, 2.05) is 48.5 Å². The number of rotatable bonds is 7. The third-order valence-electron chi connectivity index (χ3n) is 9.53. The van der Waals surface area contributed by atoms with Gasteiger partial charge in [-0.15, -0.1) is 0 Å². The number of fused-ring (bicyclic) bond motifs is 4. The largest absolute Gasteiger partial charge is 0.486 e. The lowest BCUT2D eigenvalue weighted by atomic mass is 9.73. The van der Waals surface area contributed by atoms with Gasteiger partial charge < -0.3 is 28.3 Å². The molecule has 3 saturated heterocycles. The van der Waals surface area contributed by atoms with Crippen molar-refractivity contribution >= 4 is 0 Å². The molecule has 0 radical (unpaired) electrons. The first-order chi connectivity index (χ1) is 19.1. The van der Waals surface area contributed by atoms with Crippen molar-refractivity contribution < 1.29 is 28.3 Å². The Bertz CT molecular complexity index is 1280. The van der Waals surface area contributed by atoms with Gasteiger partial charge in [-0.1, -0.05) is 54.8 Å².